The molecule has 0 atom stereocenters. The van der Waals surface area contributed by atoms with E-state index in [-0.39, 0.29) is 5.88 Å². The van der Waals surface area contributed by atoms with Gasteiger partial charge in [-0.2, -0.15) is 18.3 Å². The number of hydrogen-bond acceptors (Lipinski definition) is 2. The van der Waals surface area contributed by atoms with Crippen LogP contribution in [0.2, 0.25) is 0 Å². The van der Waals surface area contributed by atoms with Crippen LogP contribution >= 0.6 is 11.6 Å². The van der Waals surface area contributed by atoms with Gasteiger partial charge in [0.2, 0.25) is 0 Å². The Morgan fingerprint density at radius 1 is 1.33 bits per heavy atom. The average molecular weight is 276 g/mol. The summed E-state index contributed by atoms with van der Waals surface area (Å²) >= 11 is 5.70. The maximum absolute atomic E-state index is 12.4. The van der Waals surface area contributed by atoms with Gasteiger partial charge in [-0.3, -0.25) is 0 Å². The lowest BCUT2D eigenvalue weighted by molar-refractivity contribution is -0.141. The van der Waals surface area contributed by atoms with Gasteiger partial charge < -0.3 is 0 Å². The third kappa shape index (κ3) is 2.64. The van der Waals surface area contributed by atoms with E-state index in [1.54, 1.807) is 19.1 Å². The average Bonchev–Trinajstić information content (AvgIpc) is 2.77. The fourth-order valence-electron chi connectivity index (χ4n) is 1.52. The van der Waals surface area contributed by atoms with Crippen LogP contribution in [-0.4, -0.2) is 14.8 Å². The largest absolute Gasteiger partial charge is 0.435 e. The van der Waals surface area contributed by atoms with Crippen molar-refractivity contribution in [2.45, 2.75) is 19.0 Å². The molecule has 0 aliphatic heterocycles. The monoisotopic (exact) mass is 275 g/mol. The zero-order valence-electron chi connectivity index (χ0n) is 9.37. The van der Waals surface area contributed by atoms with Crippen LogP contribution in [0.1, 0.15) is 17.0 Å². The predicted molar refractivity (Wildman–Crippen MR) is 60.7 cm³/mol. The standard InChI is InChI=1S/C11H9ClF3N3/c1-7-4-8(6-12)5-10(16-7)18-3-2-9(17-18)11(13,14)15/h2-5H,6H2,1H3. The van der Waals surface area contributed by atoms with E-state index >= 15 is 0 Å². The van der Waals surface area contributed by atoms with Crippen molar-refractivity contribution in [2.24, 2.45) is 0 Å². The molecule has 96 valence electrons. The van der Waals surface area contributed by atoms with Crippen molar-refractivity contribution in [1.82, 2.24) is 14.8 Å². The molecular formula is C11H9ClF3N3. The van der Waals surface area contributed by atoms with E-state index in [1.165, 1.54) is 6.20 Å². The van der Waals surface area contributed by atoms with Gasteiger partial charge in [-0.15, -0.1) is 11.6 Å². The molecule has 0 N–H and O–H groups in total. The van der Waals surface area contributed by atoms with E-state index in [0.29, 0.717) is 11.5 Å². The lowest BCUT2D eigenvalue weighted by atomic mass is 10.2. The molecule has 2 aromatic heterocycles. The van der Waals surface area contributed by atoms with Crippen molar-refractivity contribution in [3.63, 3.8) is 0 Å². The summed E-state index contributed by atoms with van der Waals surface area (Å²) in [5.41, 5.74) is 0.508. The molecule has 0 aromatic carbocycles. The van der Waals surface area contributed by atoms with Gasteiger partial charge in [0.25, 0.3) is 0 Å². The number of aromatic nitrogens is 3. The zero-order valence-corrected chi connectivity index (χ0v) is 10.1. The first-order chi connectivity index (χ1) is 8.40. The predicted octanol–water partition coefficient (Wildman–Crippen LogP) is 3.33. The second-order valence-corrected chi connectivity index (χ2v) is 4.02. The summed E-state index contributed by atoms with van der Waals surface area (Å²) in [6.07, 6.45) is -3.23. The van der Waals surface area contributed by atoms with E-state index < -0.39 is 11.9 Å². The molecule has 2 rings (SSSR count). The number of hydrogen-bond donors (Lipinski definition) is 0. The quantitative estimate of drug-likeness (QED) is 0.787. The Morgan fingerprint density at radius 3 is 2.61 bits per heavy atom. The SMILES string of the molecule is Cc1cc(CCl)cc(-n2ccc(C(F)(F)F)n2)n1. The van der Waals surface area contributed by atoms with E-state index in [9.17, 15) is 13.2 Å². The van der Waals surface area contributed by atoms with Crippen LogP contribution in [-0.2, 0) is 12.1 Å². The molecule has 0 radical (unpaired) electrons. The Hall–Kier alpha value is -1.56. The molecule has 2 heterocycles. The van der Waals surface area contributed by atoms with E-state index in [0.717, 1.165) is 16.3 Å². The number of rotatable bonds is 2. The van der Waals surface area contributed by atoms with Crippen LogP contribution in [0.4, 0.5) is 13.2 Å². The Labute approximate surface area is 106 Å². The molecule has 0 unspecified atom stereocenters. The van der Waals surface area contributed by atoms with Gasteiger partial charge in [0.15, 0.2) is 11.5 Å². The van der Waals surface area contributed by atoms with E-state index in [1.807, 2.05) is 0 Å². The number of halogens is 4. The minimum absolute atomic E-state index is 0.268. The van der Waals surface area contributed by atoms with Crippen molar-refractivity contribution >= 4 is 11.6 Å². The van der Waals surface area contributed by atoms with Gasteiger partial charge in [-0.25, -0.2) is 9.67 Å². The van der Waals surface area contributed by atoms with Crippen molar-refractivity contribution in [1.29, 1.82) is 0 Å². The smallest absolute Gasteiger partial charge is 0.234 e. The van der Waals surface area contributed by atoms with Crippen LogP contribution < -0.4 is 0 Å². The molecular weight excluding hydrogens is 267 g/mol. The first-order valence-electron chi connectivity index (χ1n) is 5.07. The van der Waals surface area contributed by atoms with Gasteiger partial charge in [0.1, 0.15) is 0 Å². The molecule has 2 aromatic rings. The van der Waals surface area contributed by atoms with Crippen molar-refractivity contribution in [3.8, 4) is 5.82 Å². The molecule has 0 aliphatic carbocycles. The Bertz CT molecular complexity index is 563. The Balaban J connectivity index is 2.43. The highest BCUT2D eigenvalue weighted by Crippen LogP contribution is 2.27. The maximum Gasteiger partial charge on any atom is 0.435 e. The number of nitrogens with zero attached hydrogens (tertiary/aromatic N) is 3. The van der Waals surface area contributed by atoms with Gasteiger partial charge in [0, 0.05) is 17.8 Å². The van der Waals surface area contributed by atoms with Gasteiger partial charge >= 0.3 is 6.18 Å². The summed E-state index contributed by atoms with van der Waals surface area (Å²) in [5.74, 6) is 0.588. The van der Waals surface area contributed by atoms with Crippen LogP contribution in [0, 0.1) is 6.92 Å². The number of alkyl halides is 4. The van der Waals surface area contributed by atoms with E-state index in [2.05, 4.69) is 10.1 Å². The van der Waals surface area contributed by atoms with Crippen LogP contribution in [0.15, 0.2) is 24.4 Å². The maximum atomic E-state index is 12.4. The van der Waals surface area contributed by atoms with Gasteiger partial charge in [-0.1, -0.05) is 0 Å². The third-order valence-corrected chi connectivity index (χ3v) is 2.58. The van der Waals surface area contributed by atoms with E-state index in [4.69, 9.17) is 11.6 Å². The minimum atomic E-state index is -4.45. The highest BCUT2D eigenvalue weighted by molar-refractivity contribution is 6.17. The summed E-state index contributed by atoms with van der Waals surface area (Å²) in [5, 5.41) is 3.45. The summed E-state index contributed by atoms with van der Waals surface area (Å²) in [6.45, 7) is 1.74. The Morgan fingerprint density at radius 2 is 2.06 bits per heavy atom. The lowest BCUT2D eigenvalue weighted by Crippen LogP contribution is -2.08. The summed E-state index contributed by atoms with van der Waals surface area (Å²) in [4.78, 5) is 4.12. The van der Waals surface area contributed by atoms with Gasteiger partial charge in [0.05, 0.1) is 0 Å². The minimum Gasteiger partial charge on any atom is -0.234 e. The summed E-state index contributed by atoms with van der Waals surface area (Å²) in [7, 11) is 0. The summed E-state index contributed by atoms with van der Waals surface area (Å²) < 4.78 is 38.4. The van der Waals surface area contributed by atoms with Crippen LogP contribution in [0.3, 0.4) is 0 Å². The molecule has 0 bridgehead atoms. The van der Waals surface area contributed by atoms with Crippen molar-refractivity contribution in [2.75, 3.05) is 0 Å². The van der Waals surface area contributed by atoms with Gasteiger partial charge in [-0.05, 0) is 30.7 Å². The number of aryl methyl sites for hydroxylation is 1. The third-order valence-electron chi connectivity index (χ3n) is 2.27. The van der Waals surface area contributed by atoms with Crippen LogP contribution in [0.25, 0.3) is 5.82 Å². The molecule has 0 saturated carbocycles. The summed E-state index contributed by atoms with van der Waals surface area (Å²) in [6, 6.07) is 4.28. The molecule has 0 fully saturated rings. The molecule has 3 nitrogen and oxygen atoms in total. The highest BCUT2D eigenvalue weighted by atomic mass is 35.5. The number of pyridine rings is 1. The van der Waals surface area contributed by atoms with Crippen molar-refractivity contribution in [3.05, 3.63) is 41.3 Å². The molecule has 0 amide bonds. The zero-order chi connectivity index (χ0) is 13.3. The lowest BCUT2D eigenvalue weighted by Gasteiger charge is -2.05. The fraction of sp³-hybridized carbons (Fsp3) is 0.273. The first-order valence-corrected chi connectivity index (χ1v) is 5.60. The van der Waals surface area contributed by atoms with Crippen LogP contribution in [0.5, 0.6) is 0 Å². The van der Waals surface area contributed by atoms with Crippen molar-refractivity contribution < 1.29 is 13.2 Å². The first kappa shape index (κ1) is 12.9. The molecule has 0 spiro atoms. The second kappa shape index (κ2) is 4.61. The fourth-order valence-corrected chi connectivity index (χ4v) is 1.67. The molecule has 0 aliphatic rings. The molecule has 7 heteroatoms. The Kier molecular flexibility index (Phi) is 3.30. The topological polar surface area (TPSA) is 30.7 Å². The molecule has 18 heavy (non-hydrogen) atoms. The highest BCUT2D eigenvalue weighted by Gasteiger charge is 2.33. The normalized spacial score (nSPS) is 11.8. The molecule has 0 saturated heterocycles. The second-order valence-electron chi connectivity index (χ2n) is 3.75.